The molecule has 158 valence electrons. The van der Waals surface area contributed by atoms with Crippen LogP contribution in [0.5, 0.6) is 5.75 Å². The SMILES string of the molecule is CC1(C)Oc2ccc(C#N)cc2[C@@H](N2CCN(CCOS(C)(=O)=O)CC2=O)[C@@H]1O. The van der Waals surface area contributed by atoms with Crippen LogP contribution < -0.4 is 4.74 Å². The van der Waals surface area contributed by atoms with E-state index in [0.29, 0.717) is 36.5 Å². The monoisotopic (exact) mass is 423 g/mol. The molecule has 2 atom stereocenters. The molecule has 0 unspecified atom stereocenters. The number of carbonyl (C=O) groups excluding carboxylic acids is 1. The highest BCUT2D eigenvalue weighted by Gasteiger charge is 2.47. The van der Waals surface area contributed by atoms with Crippen LogP contribution >= 0.6 is 0 Å². The van der Waals surface area contributed by atoms with Crippen molar-refractivity contribution in [1.29, 1.82) is 5.26 Å². The summed E-state index contributed by atoms with van der Waals surface area (Å²) in [6.45, 7) is 4.76. The van der Waals surface area contributed by atoms with E-state index in [0.717, 1.165) is 6.26 Å². The number of hydrogen-bond donors (Lipinski definition) is 1. The Labute approximate surface area is 170 Å². The van der Waals surface area contributed by atoms with Crippen LogP contribution in [0.2, 0.25) is 0 Å². The second-order valence-corrected chi connectivity index (χ2v) is 9.49. The van der Waals surface area contributed by atoms with Gasteiger partial charge in [0.25, 0.3) is 10.1 Å². The molecular formula is C19H25N3O6S. The fraction of sp³-hybridized carbons (Fsp3) is 0.579. The lowest BCUT2D eigenvalue weighted by Gasteiger charge is -2.48. The number of piperazine rings is 1. The Morgan fingerprint density at radius 2 is 2.10 bits per heavy atom. The van der Waals surface area contributed by atoms with Gasteiger partial charge < -0.3 is 14.7 Å². The largest absolute Gasteiger partial charge is 0.485 e. The van der Waals surface area contributed by atoms with E-state index >= 15 is 0 Å². The van der Waals surface area contributed by atoms with Gasteiger partial charge in [-0.3, -0.25) is 13.9 Å². The minimum atomic E-state index is -3.52. The third-order valence-corrected chi connectivity index (χ3v) is 5.81. The van der Waals surface area contributed by atoms with Crippen LogP contribution in [0.1, 0.15) is 31.0 Å². The molecule has 3 rings (SSSR count). The highest BCUT2D eigenvalue weighted by atomic mass is 32.2. The lowest BCUT2D eigenvalue weighted by atomic mass is 9.84. The average molecular weight is 423 g/mol. The number of ether oxygens (including phenoxy) is 1. The van der Waals surface area contributed by atoms with Crippen molar-refractivity contribution in [2.75, 3.05) is 39.0 Å². The van der Waals surface area contributed by atoms with E-state index in [2.05, 4.69) is 6.07 Å². The number of fused-ring (bicyclic) bond motifs is 1. The Morgan fingerprint density at radius 3 is 2.72 bits per heavy atom. The first kappa shape index (κ1) is 21.5. The average Bonchev–Trinajstić information content (AvgIpc) is 2.62. The number of hydrogen-bond acceptors (Lipinski definition) is 8. The van der Waals surface area contributed by atoms with Gasteiger partial charge >= 0.3 is 0 Å². The number of nitrogens with zero attached hydrogens (tertiary/aromatic N) is 3. The molecule has 0 spiro atoms. The Kier molecular flexibility index (Phi) is 5.87. The summed E-state index contributed by atoms with van der Waals surface area (Å²) in [5.41, 5.74) is 0.124. The van der Waals surface area contributed by atoms with E-state index in [4.69, 9.17) is 8.92 Å². The molecule has 1 aromatic rings. The number of nitriles is 1. The zero-order chi connectivity index (χ0) is 21.4. The molecule has 1 fully saturated rings. The molecule has 9 nitrogen and oxygen atoms in total. The van der Waals surface area contributed by atoms with Gasteiger partial charge in [-0.25, -0.2) is 0 Å². The van der Waals surface area contributed by atoms with Gasteiger partial charge in [0.1, 0.15) is 17.5 Å². The second-order valence-electron chi connectivity index (χ2n) is 7.85. The molecule has 10 heteroatoms. The molecular weight excluding hydrogens is 398 g/mol. The number of benzene rings is 1. The first-order valence-electron chi connectivity index (χ1n) is 9.29. The quantitative estimate of drug-likeness (QED) is 0.670. The second kappa shape index (κ2) is 7.91. The van der Waals surface area contributed by atoms with E-state index < -0.39 is 27.9 Å². The van der Waals surface area contributed by atoms with Crippen LogP contribution in [0.3, 0.4) is 0 Å². The lowest BCUT2D eigenvalue weighted by Crippen LogP contribution is -2.59. The summed E-state index contributed by atoms with van der Waals surface area (Å²) in [4.78, 5) is 16.3. The normalized spacial score (nSPS) is 24.5. The highest BCUT2D eigenvalue weighted by molar-refractivity contribution is 7.85. The molecule has 0 aromatic heterocycles. The van der Waals surface area contributed by atoms with Gasteiger partial charge in [0, 0.05) is 25.2 Å². The maximum absolute atomic E-state index is 12.9. The van der Waals surface area contributed by atoms with E-state index in [1.807, 2.05) is 4.90 Å². The Morgan fingerprint density at radius 1 is 1.38 bits per heavy atom. The van der Waals surface area contributed by atoms with Crippen LogP contribution in [0, 0.1) is 11.3 Å². The minimum Gasteiger partial charge on any atom is -0.485 e. The van der Waals surface area contributed by atoms with Crippen LogP contribution in [0.15, 0.2) is 18.2 Å². The summed E-state index contributed by atoms with van der Waals surface area (Å²) in [7, 11) is -3.52. The van der Waals surface area contributed by atoms with E-state index in [1.165, 1.54) is 0 Å². The maximum Gasteiger partial charge on any atom is 0.264 e. The summed E-state index contributed by atoms with van der Waals surface area (Å²) in [6, 6.07) is 6.43. The van der Waals surface area contributed by atoms with Crippen molar-refractivity contribution in [3.05, 3.63) is 29.3 Å². The van der Waals surface area contributed by atoms with Gasteiger partial charge in [0.2, 0.25) is 5.91 Å². The van der Waals surface area contributed by atoms with E-state index in [1.54, 1.807) is 36.9 Å². The van der Waals surface area contributed by atoms with E-state index in [9.17, 15) is 23.6 Å². The standard InChI is InChI=1S/C19H25N3O6S/c1-19(2)18(24)17(14-10-13(11-20)4-5-15(14)28-19)22-7-6-21(12-16(22)23)8-9-27-29(3,25)26/h4-5,10,17-18,24H,6-9,12H2,1-3H3/t17-,18+/m1/s1. The molecule has 0 radical (unpaired) electrons. The van der Waals surface area contributed by atoms with Gasteiger partial charge in [-0.15, -0.1) is 0 Å². The summed E-state index contributed by atoms with van der Waals surface area (Å²) >= 11 is 0. The van der Waals surface area contributed by atoms with Crippen molar-refractivity contribution in [2.45, 2.75) is 31.6 Å². The highest BCUT2D eigenvalue weighted by Crippen LogP contribution is 2.43. The molecule has 2 heterocycles. The summed E-state index contributed by atoms with van der Waals surface area (Å²) in [6.07, 6.45) is 0.00476. The van der Waals surface area contributed by atoms with Gasteiger partial charge in [-0.05, 0) is 32.0 Å². The van der Waals surface area contributed by atoms with Crippen molar-refractivity contribution in [2.24, 2.45) is 0 Å². The van der Waals surface area contributed by atoms with Crippen molar-refractivity contribution >= 4 is 16.0 Å². The number of aliphatic hydroxyl groups excluding tert-OH is 1. The predicted molar refractivity (Wildman–Crippen MR) is 104 cm³/mol. The van der Waals surface area contributed by atoms with Gasteiger partial charge in [-0.1, -0.05) is 0 Å². The van der Waals surface area contributed by atoms with Gasteiger partial charge in [0.15, 0.2) is 0 Å². The molecule has 0 bridgehead atoms. The Hall–Kier alpha value is -2.19. The summed E-state index contributed by atoms with van der Waals surface area (Å²) in [5.74, 6) is 0.353. The maximum atomic E-state index is 12.9. The van der Waals surface area contributed by atoms with Crippen LogP contribution in [-0.2, 0) is 19.1 Å². The lowest BCUT2D eigenvalue weighted by molar-refractivity contribution is -0.150. The molecule has 1 amide bonds. The van der Waals surface area contributed by atoms with Crippen molar-refractivity contribution in [3.8, 4) is 11.8 Å². The zero-order valence-electron chi connectivity index (χ0n) is 16.7. The predicted octanol–water partition coefficient (Wildman–Crippen LogP) is 0.252. The Bertz CT molecular complexity index is 940. The topological polar surface area (TPSA) is 120 Å². The van der Waals surface area contributed by atoms with Crippen LogP contribution in [-0.4, -0.2) is 80.0 Å². The zero-order valence-corrected chi connectivity index (χ0v) is 17.5. The molecule has 1 saturated heterocycles. The number of amides is 1. The van der Waals surface area contributed by atoms with Gasteiger partial charge in [-0.2, -0.15) is 13.7 Å². The third kappa shape index (κ3) is 4.70. The smallest absolute Gasteiger partial charge is 0.264 e. The van der Waals surface area contributed by atoms with Gasteiger partial charge in [0.05, 0.1) is 37.1 Å². The number of rotatable bonds is 5. The molecule has 29 heavy (non-hydrogen) atoms. The van der Waals surface area contributed by atoms with E-state index in [-0.39, 0.29) is 19.1 Å². The molecule has 1 N–H and O–H groups in total. The molecule has 0 aliphatic carbocycles. The third-order valence-electron chi connectivity index (χ3n) is 5.22. The molecule has 1 aromatic carbocycles. The van der Waals surface area contributed by atoms with Crippen molar-refractivity contribution < 1.29 is 27.2 Å². The molecule has 0 saturated carbocycles. The van der Waals surface area contributed by atoms with Crippen molar-refractivity contribution in [3.63, 3.8) is 0 Å². The number of aliphatic hydroxyl groups is 1. The fourth-order valence-electron chi connectivity index (χ4n) is 3.71. The fourth-order valence-corrected chi connectivity index (χ4v) is 4.09. The molecule has 2 aliphatic heterocycles. The first-order chi connectivity index (χ1) is 13.5. The van der Waals surface area contributed by atoms with Crippen molar-refractivity contribution in [1.82, 2.24) is 9.80 Å². The van der Waals surface area contributed by atoms with Crippen LogP contribution in [0.25, 0.3) is 0 Å². The van der Waals surface area contributed by atoms with Crippen LogP contribution in [0.4, 0.5) is 0 Å². The first-order valence-corrected chi connectivity index (χ1v) is 11.1. The molecule has 2 aliphatic rings. The minimum absolute atomic E-state index is 0.0204. The summed E-state index contributed by atoms with van der Waals surface area (Å²) in [5, 5.41) is 20.2. The number of carbonyl (C=O) groups is 1. The Balaban J connectivity index is 1.79. The summed E-state index contributed by atoms with van der Waals surface area (Å²) < 4.78 is 32.8.